The third kappa shape index (κ3) is 2.98. The number of phenolic OH excluding ortho intramolecular Hbond substituents is 1. The van der Waals surface area contributed by atoms with Gasteiger partial charge in [-0.05, 0) is 31.2 Å². The molecule has 0 fully saturated rings. The van der Waals surface area contributed by atoms with Gasteiger partial charge in [-0.25, -0.2) is 13.8 Å². The summed E-state index contributed by atoms with van der Waals surface area (Å²) in [5, 5.41) is 16.1. The Labute approximate surface area is 138 Å². The predicted octanol–water partition coefficient (Wildman–Crippen LogP) is 2.98. The molecular weight excluding hydrogens is 344 g/mol. The highest BCUT2D eigenvalue weighted by Gasteiger charge is 2.20. The summed E-state index contributed by atoms with van der Waals surface area (Å²) in [5.41, 5.74) is -0.0520. The molecule has 24 heavy (non-hydrogen) atoms. The molecule has 0 saturated heterocycles. The largest absolute Gasteiger partial charge is 0.506 e. The molecule has 1 aromatic carbocycles. The lowest BCUT2D eigenvalue weighted by atomic mass is 10.3. The summed E-state index contributed by atoms with van der Waals surface area (Å²) < 4.78 is 26.9. The minimum atomic E-state index is -2.80. The second kappa shape index (κ2) is 6.00. The quantitative estimate of drug-likeness (QED) is 0.706. The van der Waals surface area contributed by atoms with Crippen molar-refractivity contribution >= 4 is 29.0 Å². The molecule has 0 bridgehead atoms. The summed E-state index contributed by atoms with van der Waals surface area (Å²) in [4.78, 5) is 20.0. The van der Waals surface area contributed by atoms with Crippen LogP contribution in [0.4, 0.5) is 14.5 Å². The van der Waals surface area contributed by atoms with Gasteiger partial charge in [-0.1, -0.05) is 11.6 Å². The highest BCUT2D eigenvalue weighted by Crippen LogP contribution is 2.27. The van der Waals surface area contributed by atoms with Crippen molar-refractivity contribution in [2.45, 2.75) is 13.3 Å². The Kier molecular flexibility index (Phi) is 4.02. The summed E-state index contributed by atoms with van der Waals surface area (Å²) >= 11 is 5.79. The van der Waals surface area contributed by atoms with E-state index in [1.807, 2.05) is 0 Å². The normalized spacial score (nSPS) is 11.2. The van der Waals surface area contributed by atoms with E-state index in [0.29, 0.717) is 10.7 Å². The molecule has 0 aliphatic heterocycles. The Balaban J connectivity index is 1.99. The number of alkyl halides is 2. The molecule has 3 rings (SSSR count). The van der Waals surface area contributed by atoms with Gasteiger partial charge in [0.25, 0.3) is 18.1 Å². The van der Waals surface area contributed by atoms with E-state index in [4.69, 9.17) is 11.6 Å². The van der Waals surface area contributed by atoms with Gasteiger partial charge in [-0.3, -0.25) is 4.79 Å². The number of rotatable bonds is 3. The highest BCUT2D eigenvalue weighted by molar-refractivity contribution is 6.31. The lowest BCUT2D eigenvalue weighted by Gasteiger charge is -2.05. The molecule has 0 radical (unpaired) electrons. The minimum absolute atomic E-state index is 0.0459. The van der Waals surface area contributed by atoms with Crippen molar-refractivity contribution in [3.8, 4) is 5.75 Å². The molecule has 2 heterocycles. The van der Waals surface area contributed by atoms with Gasteiger partial charge in [0, 0.05) is 10.7 Å². The van der Waals surface area contributed by atoms with Gasteiger partial charge >= 0.3 is 0 Å². The van der Waals surface area contributed by atoms with Gasteiger partial charge in [-0.2, -0.15) is 9.50 Å². The fourth-order valence-corrected chi connectivity index (χ4v) is 2.22. The number of aromatic nitrogens is 4. The number of nitrogens with zero attached hydrogens (tertiary/aromatic N) is 4. The summed E-state index contributed by atoms with van der Waals surface area (Å²) in [6.07, 6.45) is -2.80. The zero-order valence-electron chi connectivity index (χ0n) is 12.2. The first-order valence-corrected chi connectivity index (χ1v) is 7.05. The van der Waals surface area contributed by atoms with Gasteiger partial charge < -0.3 is 10.4 Å². The molecule has 0 unspecified atom stereocenters. The van der Waals surface area contributed by atoms with E-state index in [0.717, 1.165) is 10.6 Å². The van der Waals surface area contributed by atoms with Gasteiger partial charge in [0.05, 0.1) is 5.69 Å². The standard InChI is InChI=1S/C14H10ClF2N5O2/c1-6-4-9(11(16)17)22-14(18-6)20-12(21-22)13(24)19-8-5-7(15)2-3-10(8)23/h2-5,11,23H,1H3,(H,19,24). The zero-order chi connectivity index (χ0) is 17.4. The smallest absolute Gasteiger partial charge is 0.295 e. The SMILES string of the molecule is Cc1cc(C(F)F)n2nc(C(=O)Nc3cc(Cl)ccc3O)nc2n1. The molecule has 10 heteroatoms. The lowest BCUT2D eigenvalue weighted by Crippen LogP contribution is -2.14. The third-order valence-corrected chi connectivity index (χ3v) is 3.34. The number of phenols is 1. The number of aromatic hydroxyl groups is 1. The fourth-order valence-electron chi connectivity index (χ4n) is 2.05. The molecule has 3 aromatic rings. The topological polar surface area (TPSA) is 92.4 Å². The van der Waals surface area contributed by atoms with Crippen LogP contribution >= 0.6 is 11.6 Å². The Morgan fingerprint density at radius 1 is 1.33 bits per heavy atom. The van der Waals surface area contributed by atoms with Crippen molar-refractivity contribution in [3.63, 3.8) is 0 Å². The Morgan fingerprint density at radius 2 is 2.08 bits per heavy atom. The van der Waals surface area contributed by atoms with Crippen molar-refractivity contribution < 1.29 is 18.7 Å². The van der Waals surface area contributed by atoms with E-state index in [2.05, 4.69) is 20.4 Å². The number of amides is 1. The minimum Gasteiger partial charge on any atom is -0.506 e. The number of halogens is 3. The Hall–Kier alpha value is -2.81. The van der Waals surface area contributed by atoms with E-state index in [-0.39, 0.29) is 23.0 Å². The molecule has 1 amide bonds. The number of hydrogen-bond acceptors (Lipinski definition) is 5. The van der Waals surface area contributed by atoms with Crippen molar-refractivity contribution in [1.29, 1.82) is 0 Å². The van der Waals surface area contributed by atoms with Crippen LogP contribution in [0.2, 0.25) is 5.02 Å². The number of anilines is 1. The number of aryl methyl sites for hydroxylation is 1. The van der Waals surface area contributed by atoms with Crippen LogP contribution < -0.4 is 5.32 Å². The molecule has 0 aliphatic rings. The third-order valence-electron chi connectivity index (χ3n) is 3.10. The first-order valence-electron chi connectivity index (χ1n) is 6.67. The first kappa shape index (κ1) is 16.1. The number of fused-ring (bicyclic) bond motifs is 1. The number of hydrogen-bond donors (Lipinski definition) is 2. The summed E-state index contributed by atoms with van der Waals surface area (Å²) in [5.74, 6) is -1.49. The van der Waals surface area contributed by atoms with Crippen LogP contribution in [0.3, 0.4) is 0 Å². The number of carbonyl (C=O) groups excluding carboxylic acids is 1. The van der Waals surface area contributed by atoms with Crippen molar-refractivity contribution in [2.75, 3.05) is 5.32 Å². The molecule has 0 saturated carbocycles. The van der Waals surface area contributed by atoms with Crippen LogP contribution in [0, 0.1) is 6.92 Å². The van der Waals surface area contributed by atoms with Crippen molar-refractivity contribution in [3.05, 3.63) is 46.5 Å². The molecule has 2 aromatic heterocycles. The molecule has 7 nitrogen and oxygen atoms in total. The zero-order valence-corrected chi connectivity index (χ0v) is 12.9. The van der Waals surface area contributed by atoms with Crippen LogP contribution in [-0.4, -0.2) is 30.6 Å². The van der Waals surface area contributed by atoms with E-state index >= 15 is 0 Å². The summed E-state index contributed by atoms with van der Waals surface area (Å²) in [6, 6.07) is 5.24. The molecule has 2 N–H and O–H groups in total. The predicted molar refractivity (Wildman–Crippen MR) is 81.5 cm³/mol. The molecular formula is C14H10ClF2N5O2. The molecule has 124 valence electrons. The van der Waals surface area contributed by atoms with E-state index in [1.165, 1.54) is 25.1 Å². The van der Waals surface area contributed by atoms with E-state index < -0.39 is 18.0 Å². The van der Waals surface area contributed by atoms with Crippen LogP contribution in [0.5, 0.6) is 5.75 Å². The maximum Gasteiger partial charge on any atom is 0.295 e. The first-order chi connectivity index (χ1) is 11.3. The maximum atomic E-state index is 13.1. The van der Waals surface area contributed by atoms with Gasteiger partial charge in [0.15, 0.2) is 0 Å². The van der Waals surface area contributed by atoms with Crippen LogP contribution in [0.25, 0.3) is 5.78 Å². The highest BCUT2D eigenvalue weighted by atomic mass is 35.5. The van der Waals surface area contributed by atoms with E-state index in [1.54, 1.807) is 0 Å². The van der Waals surface area contributed by atoms with Crippen LogP contribution in [0.15, 0.2) is 24.3 Å². The maximum absolute atomic E-state index is 13.1. The number of carbonyl (C=O) groups is 1. The fraction of sp³-hybridized carbons (Fsp3) is 0.143. The number of benzene rings is 1. The van der Waals surface area contributed by atoms with E-state index in [9.17, 15) is 18.7 Å². The average molecular weight is 354 g/mol. The van der Waals surface area contributed by atoms with Gasteiger partial charge in [0.2, 0.25) is 5.82 Å². The molecule has 0 aliphatic carbocycles. The number of nitrogens with one attached hydrogen (secondary N) is 1. The Bertz CT molecular complexity index is 944. The molecule has 0 atom stereocenters. The van der Waals surface area contributed by atoms with Crippen molar-refractivity contribution in [1.82, 2.24) is 19.6 Å². The van der Waals surface area contributed by atoms with Crippen LogP contribution in [0.1, 0.15) is 28.4 Å². The van der Waals surface area contributed by atoms with Crippen molar-refractivity contribution in [2.24, 2.45) is 0 Å². The van der Waals surface area contributed by atoms with Gasteiger partial charge in [0.1, 0.15) is 11.4 Å². The second-order valence-electron chi connectivity index (χ2n) is 4.89. The lowest BCUT2D eigenvalue weighted by molar-refractivity contribution is 0.101. The average Bonchev–Trinajstić information content (AvgIpc) is 2.93. The van der Waals surface area contributed by atoms with Gasteiger partial charge in [-0.15, -0.1) is 5.10 Å². The van der Waals surface area contributed by atoms with Crippen LogP contribution in [-0.2, 0) is 0 Å². The monoisotopic (exact) mass is 353 g/mol. The summed E-state index contributed by atoms with van der Waals surface area (Å²) in [6.45, 7) is 1.53. The Morgan fingerprint density at radius 3 is 2.79 bits per heavy atom. The second-order valence-corrected chi connectivity index (χ2v) is 5.32. The summed E-state index contributed by atoms with van der Waals surface area (Å²) in [7, 11) is 0. The molecule has 0 spiro atoms.